The van der Waals surface area contributed by atoms with Gasteiger partial charge in [0.15, 0.2) is 0 Å². The average molecular weight is 432 g/mol. The lowest BCUT2D eigenvalue weighted by Gasteiger charge is -2.12. The fourth-order valence-corrected chi connectivity index (χ4v) is 3.65. The van der Waals surface area contributed by atoms with Gasteiger partial charge in [-0.1, -0.05) is 13.8 Å². The van der Waals surface area contributed by atoms with Crippen LogP contribution in [0.15, 0.2) is 23.8 Å². The van der Waals surface area contributed by atoms with Crippen molar-refractivity contribution in [2.24, 2.45) is 5.92 Å². The van der Waals surface area contributed by atoms with E-state index < -0.39 is 5.91 Å². The molecule has 0 saturated carbocycles. The van der Waals surface area contributed by atoms with E-state index in [1.807, 2.05) is 52.8 Å². The Bertz CT molecular complexity index is 1220. The largest absolute Gasteiger partial charge is 0.348 e. The van der Waals surface area contributed by atoms with Crippen molar-refractivity contribution < 1.29 is 4.79 Å². The highest BCUT2D eigenvalue weighted by molar-refractivity contribution is 6.09. The van der Waals surface area contributed by atoms with E-state index in [-0.39, 0.29) is 5.57 Å². The second kappa shape index (κ2) is 9.18. The molecule has 8 nitrogen and oxygen atoms in total. The van der Waals surface area contributed by atoms with Crippen LogP contribution in [0.25, 0.3) is 12.0 Å². The van der Waals surface area contributed by atoms with Crippen LogP contribution in [0, 0.1) is 51.9 Å². The first kappa shape index (κ1) is 22.9. The highest BCUT2D eigenvalue weighted by Gasteiger charge is 2.17. The Kier molecular flexibility index (Phi) is 6.58. The first-order chi connectivity index (χ1) is 15.1. The number of carbonyl (C=O) groups is 1. The van der Waals surface area contributed by atoms with Crippen LogP contribution in [-0.2, 0) is 11.3 Å². The van der Waals surface area contributed by atoms with Gasteiger partial charge in [0.1, 0.15) is 17.5 Å². The van der Waals surface area contributed by atoms with Crippen molar-refractivity contribution in [1.29, 1.82) is 5.26 Å². The molecule has 0 atom stereocenters. The van der Waals surface area contributed by atoms with Gasteiger partial charge in [0.05, 0.1) is 5.69 Å². The SMILES string of the molecule is Cc1cc(C)nc(-n2nc(C)cc2NC(=O)/C(C#N)=C\c2cc(C)n(CC(C)C)c2C)n1. The fraction of sp³-hybridized carbons (Fsp3) is 0.375. The van der Waals surface area contributed by atoms with Gasteiger partial charge in [-0.25, -0.2) is 9.97 Å². The maximum absolute atomic E-state index is 13.0. The Hall–Kier alpha value is -3.73. The van der Waals surface area contributed by atoms with E-state index in [9.17, 15) is 10.1 Å². The minimum absolute atomic E-state index is 0.0153. The van der Waals surface area contributed by atoms with E-state index in [4.69, 9.17) is 0 Å². The molecule has 0 aliphatic heterocycles. The van der Waals surface area contributed by atoms with E-state index in [1.165, 1.54) is 4.68 Å². The van der Waals surface area contributed by atoms with Crippen LogP contribution >= 0.6 is 0 Å². The molecule has 3 heterocycles. The molecule has 3 aromatic heterocycles. The van der Waals surface area contributed by atoms with Crippen molar-refractivity contribution in [1.82, 2.24) is 24.3 Å². The van der Waals surface area contributed by atoms with Gasteiger partial charge in [-0.3, -0.25) is 4.79 Å². The van der Waals surface area contributed by atoms with Gasteiger partial charge in [-0.2, -0.15) is 15.0 Å². The van der Waals surface area contributed by atoms with Crippen molar-refractivity contribution in [3.05, 3.63) is 57.8 Å². The molecule has 32 heavy (non-hydrogen) atoms. The van der Waals surface area contributed by atoms with Crippen LogP contribution in [0.4, 0.5) is 5.82 Å². The zero-order valence-corrected chi connectivity index (χ0v) is 19.7. The minimum atomic E-state index is -0.508. The third kappa shape index (κ3) is 4.94. The van der Waals surface area contributed by atoms with Gasteiger partial charge in [0, 0.05) is 35.4 Å². The number of hydrogen-bond acceptors (Lipinski definition) is 5. The Labute approximate surface area is 188 Å². The minimum Gasteiger partial charge on any atom is -0.348 e. The molecule has 8 heteroatoms. The van der Waals surface area contributed by atoms with Crippen molar-refractivity contribution in [3.8, 4) is 12.0 Å². The highest BCUT2D eigenvalue weighted by atomic mass is 16.1. The second-order valence-electron chi connectivity index (χ2n) is 8.49. The predicted molar refractivity (Wildman–Crippen MR) is 124 cm³/mol. The number of carbonyl (C=O) groups excluding carboxylic acids is 1. The summed E-state index contributed by atoms with van der Waals surface area (Å²) in [6.45, 7) is 14.8. The smallest absolute Gasteiger partial charge is 0.267 e. The van der Waals surface area contributed by atoms with Crippen molar-refractivity contribution in [2.45, 2.75) is 55.0 Å². The maximum Gasteiger partial charge on any atom is 0.267 e. The number of aryl methyl sites for hydroxylation is 4. The highest BCUT2D eigenvalue weighted by Crippen LogP contribution is 2.21. The molecule has 3 rings (SSSR count). The van der Waals surface area contributed by atoms with Gasteiger partial charge in [-0.15, -0.1) is 0 Å². The number of anilines is 1. The summed E-state index contributed by atoms with van der Waals surface area (Å²) in [4.78, 5) is 21.8. The van der Waals surface area contributed by atoms with E-state index in [2.05, 4.69) is 38.8 Å². The van der Waals surface area contributed by atoms with Crippen LogP contribution in [0.2, 0.25) is 0 Å². The van der Waals surface area contributed by atoms with E-state index in [0.717, 1.165) is 34.9 Å². The van der Waals surface area contributed by atoms with Gasteiger partial charge in [0.25, 0.3) is 11.9 Å². The van der Waals surface area contributed by atoms with Gasteiger partial charge in [-0.05, 0) is 64.3 Å². The molecule has 1 N–H and O–H groups in total. The Morgan fingerprint density at radius 2 is 1.75 bits per heavy atom. The molecular formula is C24H29N7O. The second-order valence-corrected chi connectivity index (χ2v) is 8.49. The third-order valence-electron chi connectivity index (χ3n) is 5.06. The first-order valence-electron chi connectivity index (χ1n) is 10.6. The van der Waals surface area contributed by atoms with E-state index in [1.54, 1.807) is 12.1 Å². The lowest BCUT2D eigenvalue weighted by Crippen LogP contribution is -2.17. The molecule has 0 aliphatic carbocycles. The van der Waals surface area contributed by atoms with Gasteiger partial charge < -0.3 is 9.88 Å². The summed E-state index contributed by atoms with van der Waals surface area (Å²) in [5.74, 6) is 0.757. The summed E-state index contributed by atoms with van der Waals surface area (Å²) in [5.41, 5.74) is 5.29. The molecule has 0 radical (unpaired) electrons. The van der Waals surface area contributed by atoms with Crippen LogP contribution in [0.3, 0.4) is 0 Å². The standard InChI is InChI=1S/C24H29N7O/c1-14(2)13-30-18(6)10-20(19(30)7)11-21(12-25)23(32)28-22-9-17(5)29-31(22)24-26-15(3)8-16(4)27-24/h8-11,14H,13H2,1-7H3,(H,28,32)/b21-11-. The average Bonchev–Trinajstić information content (AvgIpc) is 3.18. The van der Waals surface area contributed by atoms with Crippen LogP contribution in [-0.4, -0.2) is 30.2 Å². The summed E-state index contributed by atoms with van der Waals surface area (Å²) < 4.78 is 3.69. The molecule has 0 bridgehead atoms. The molecule has 3 aromatic rings. The van der Waals surface area contributed by atoms with Crippen LogP contribution in [0.1, 0.15) is 47.9 Å². The predicted octanol–water partition coefficient (Wildman–Crippen LogP) is 4.21. The van der Waals surface area contributed by atoms with Crippen LogP contribution < -0.4 is 5.32 Å². The first-order valence-corrected chi connectivity index (χ1v) is 10.6. The Balaban J connectivity index is 1.93. The van der Waals surface area contributed by atoms with Gasteiger partial charge in [0.2, 0.25) is 0 Å². The number of rotatable bonds is 6. The summed E-state index contributed by atoms with van der Waals surface area (Å²) in [5, 5.41) is 16.9. The van der Waals surface area contributed by atoms with E-state index >= 15 is 0 Å². The third-order valence-corrected chi connectivity index (χ3v) is 5.06. The topological polar surface area (TPSA) is 101 Å². The van der Waals surface area contributed by atoms with Crippen molar-refractivity contribution in [3.63, 3.8) is 0 Å². The molecule has 0 aliphatic rings. The monoisotopic (exact) mass is 431 g/mol. The normalized spacial score (nSPS) is 11.7. The summed E-state index contributed by atoms with van der Waals surface area (Å²) in [6, 6.07) is 7.62. The molecule has 1 amide bonds. The number of nitriles is 1. The summed E-state index contributed by atoms with van der Waals surface area (Å²) in [6.07, 6.45) is 1.63. The molecule has 0 fully saturated rings. The molecular weight excluding hydrogens is 402 g/mol. The zero-order chi connectivity index (χ0) is 23.6. The number of nitrogens with zero attached hydrogens (tertiary/aromatic N) is 6. The Morgan fingerprint density at radius 1 is 1.09 bits per heavy atom. The molecule has 0 unspecified atom stereocenters. The fourth-order valence-electron chi connectivity index (χ4n) is 3.65. The molecule has 0 aromatic carbocycles. The lowest BCUT2D eigenvalue weighted by molar-refractivity contribution is -0.112. The number of amides is 1. The number of hydrogen-bond donors (Lipinski definition) is 1. The molecule has 0 saturated heterocycles. The molecule has 166 valence electrons. The zero-order valence-electron chi connectivity index (χ0n) is 19.7. The van der Waals surface area contributed by atoms with Crippen molar-refractivity contribution in [2.75, 3.05) is 5.32 Å². The van der Waals surface area contributed by atoms with E-state index in [0.29, 0.717) is 23.4 Å². The quantitative estimate of drug-likeness (QED) is 0.465. The number of nitrogens with one attached hydrogen (secondary N) is 1. The summed E-state index contributed by atoms with van der Waals surface area (Å²) in [7, 11) is 0. The van der Waals surface area contributed by atoms with Crippen molar-refractivity contribution >= 4 is 17.8 Å². The molecule has 0 spiro atoms. The maximum atomic E-state index is 13.0. The lowest BCUT2D eigenvalue weighted by atomic mass is 10.1. The summed E-state index contributed by atoms with van der Waals surface area (Å²) >= 11 is 0. The Morgan fingerprint density at radius 3 is 2.34 bits per heavy atom. The van der Waals surface area contributed by atoms with Gasteiger partial charge >= 0.3 is 0 Å². The van der Waals surface area contributed by atoms with Crippen LogP contribution in [0.5, 0.6) is 0 Å². The number of aromatic nitrogens is 5.